The molecule has 0 radical (unpaired) electrons. The average Bonchev–Trinajstić information content (AvgIpc) is 2.93. The minimum Gasteiger partial charge on any atom is -0.493 e. The number of imidazole rings is 1. The molecule has 1 heterocycles. The van der Waals surface area contributed by atoms with Crippen LogP contribution in [0.5, 0.6) is 11.5 Å². The van der Waals surface area contributed by atoms with Crippen molar-refractivity contribution in [3.63, 3.8) is 0 Å². The van der Waals surface area contributed by atoms with Crippen LogP contribution in [0.15, 0.2) is 48.5 Å². The molecule has 22 heavy (non-hydrogen) atoms. The maximum atomic E-state index is 5.88. The smallest absolute Gasteiger partial charge is 0.161 e. The van der Waals surface area contributed by atoms with Crippen LogP contribution < -0.4 is 9.47 Å². The van der Waals surface area contributed by atoms with Gasteiger partial charge in [-0.3, -0.25) is 0 Å². The van der Waals surface area contributed by atoms with Crippen LogP contribution in [-0.2, 0) is 13.0 Å². The third-order valence-electron chi connectivity index (χ3n) is 3.69. The summed E-state index contributed by atoms with van der Waals surface area (Å²) in [6.45, 7) is 3.47. The van der Waals surface area contributed by atoms with Gasteiger partial charge >= 0.3 is 0 Å². The summed E-state index contributed by atoms with van der Waals surface area (Å²) < 4.78 is 13.4. The first-order valence-electron chi connectivity index (χ1n) is 7.53. The van der Waals surface area contributed by atoms with Crippen LogP contribution in [0.3, 0.4) is 0 Å². The lowest BCUT2D eigenvalue weighted by atomic mass is 10.3. The van der Waals surface area contributed by atoms with Crippen molar-refractivity contribution >= 4 is 11.0 Å². The third-order valence-corrected chi connectivity index (χ3v) is 3.69. The molecular weight excluding hydrogens is 276 g/mol. The first-order valence-corrected chi connectivity index (χ1v) is 7.53. The normalized spacial score (nSPS) is 10.8. The Labute approximate surface area is 130 Å². The molecule has 1 aromatic heterocycles. The van der Waals surface area contributed by atoms with E-state index in [4.69, 9.17) is 9.47 Å². The summed E-state index contributed by atoms with van der Waals surface area (Å²) in [6, 6.07) is 15.9. The van der Waals surface area contributed by atoms with Crippen LogP contribution in [0.2, 0.25) is 0 Å². The Bertz CT molecular complexity index is 765. The highest BCUT2D eigenvalue weighted by Gasteiger charge is 2.09. The summed E-state index contributed by atoms with van der Waals surface area (Å²) in [6.07, 6.45) is 0.906. The van der Waals surface area contributed by atoms with Crippen LogP contribution in [0.4, 0.5) is 0 Å². The number of aryl methyl sites for hydroxylation is 1. The summed E-state index contributed by atoms with van der Waals surface area (Å²) in [5, 5.41) is 0. The molecule has 0 N–H and O–H groups in total. The average molecular weight is 296 g/mol. The molecule has 3 rings (SSSR count). The Balaban J connectivity index is 1.76. The first kappa shape index (κ1) is 14.4. The van der Waals surface area contributed by atoms with E-state index in [2.05, 4.69) is 22.5 Å². The van der Waals surface area contributed by atoms with Gasteiger partial charge in [-0.05, 0) is 24.3 Å². The first-order chi connectivity index (χ1) is 10.8. The summed E-state index contributed by atoms with van der Waals surface area (Å²) in [5.41, 5.74) is 2.19. The van der Waals surface area contributed by atoms with Gasteiger partial charge in [0.1, 0.15) is 12.4 Å². The molecule has 0 aliphatic carbocycles. The number of hydrogen-bond donors (Lipinski definition) is 0. The highest BCUT2D eigenvalue weighted by atomic mass is 16.5. The minimum atomic E-state index is 0.577. The van der Waals surface area contributed by atoms with E-state index in [1.165, 1.54) is 0 Å². The van der Waals surface area contributed by atoms with E-state index in [0.29, 0.717) is 6.61 Å². The fourth-order valence-corrected chi connectivity index (χ4v) is 2.63. The minimum absolute atomic E-state index is 0.577. The largest absolute Gasteiger partial charge is 0.493 e. The number of methoxy groups -OCH3 is 1. The zero-order valence-electron chi connectivity index (χ0n) is 13.0. The van der Waals surface area contributed by atoms with Gasteiger partial charge in [-0.1, -0.05) is 31.2 Å². The molecule has 2 aromatic carbocycles. The zero-order valence-corrected chi connectivity index (χ0v) is 13.0. The van der Waals surface area contributed by atoms with Gasteiger partial charge in [0.15, 0.2) is 11.5 Å². The topological polar surface area (TPSA) is 36.3 Å². The predicted octanol–water partition coefficient (Wildman–Crippen LogP) is 3.69. The van der Waals surface area contributed by atoms with E-state index < -0.39 is 0 Å². The molecule has 0 bridgehead atoms. The summed E-state index contributed by atoms with van der Waals surface area (Å²) in [7, 11) is 1.65. The van der Waals surface area contributed by atoms with Crippen LogP contribution in [0.1, 0.15) is 12.7 Å². The molecule has 4 heteroatoms. The Hall–Kier alpha value is -2.49. The summed E-state index contributed by atoms with van der Waals surface area (Å²) >= 11 is 0. The number of aromatic nitrogens is 2. The van der Waals surface area contributed by atoms with Gasteiger partial charge in [0.25, 0.3) is 0 Å². The predicted molar refractivity (Wildman–Crippen MR) is 87.6 cm³/mol. The lowest BCUT2D eigenvalue weighted by Crippen LogP contribution is -2.11. The van der Waals surface area contributed by atoms with E-state index >= 15 is 0 Å². The number of rotatable bonds is 6. The van der Waals surface area contributed by atoms with Crippen molar-refractivity contribution in [2.75, 3.05) is 13.7 Å². The Morgan fingerprint density at radius 2 is 1.73 bits per heavy atom. The van der Waals surface area contributed by atoms with E-state index in [0.717, 1.165) is 41.3 Å². The third kappa shape index (κ3) is 2.77. The lowest BCUT2D eigenvalue weighted by molar-refractivity contribution is 0.280. The standard InChI is InChI=1S/C18H20N2O2/c1-3-18-19-14-8-4-5-9-15(14)20(18)12-13-22-17-11-7-6-10-16(17)21-2/h4-11H,3,12-13H2,1-2H3. The zero-order chi connectivity index (χ0) is 15.4. The van der Waals surface area contributed by atoms with Crippen molar-refractivity contribution in [1.82, 2.24) is 9.55 Å². The van der Waals surface area contributed by atoms with Gasteiger partial charge in [-0.25, -0.2) is 4.98 Å². The highest BCUT2D eigenvalue weighted by molar-refractivity contribution is 5.75. The van der Waals surface area contributed by atoms with E-state index in [-0.39, 0.29) is 0 Å². The SMILES string of the molecule is CCc1nc2ccccc2n1CCOc1ccccc1OC. The number of para-hydroxylation sites is 4. The second-order valence-corrected chi connectivity index (χ2v) is 5.02. The van der Waals surface area contributed by atoms with Crippen molar-refractivity contribution in [1.29, 1.82) is 0 Å². The van der Waals surface area contributed by atoms with Crippen molar-refractivity contribution in [2.24, 2.45) is 0 Å². The van der Waals surface area contributed by atoms with Crippen LogP contribution in [-0.4, -0.2) is 23.3 Å². The molecule has 0 saturated carbocycles. The molecule has 114 valence electrons. The molecule has 0 aliphatic heterocycles. The van der Waals surface area contributed by atoms with Crippen molar-refractivity contribution in [2.45, 2.75) is 19.9 Å². The number of fused-ring (bicyclic) bond motifs is 1. The molecule has 0 unspecified atom stereocenters. The number of hydrogen-bond acceptors (Lipinski definition) is 3. The second kappa shape index (κ2) is 6.52. The van der Waals surface area contributed by atoms with E-state index in [9.17, 15) is 0 Å². The van der Waals surface area contributed by atoms with Gasteiger partial charge < -0.3 is 14.0 Å². The van der Waals surface area contributed by atoms with E-state index in [1.807, 2.05) is 42.5 Å². The molecule has 0 saturated heterocycles. The van der Waals surface area contributed by atoms with Crippen LogP contribution >= 0.6 is 0 Å². The maximum Gasteiger partial charge on any atom is 0.161 e. The van der Waals surface area contributed by atoms with Gasteiger partial charge in [0.05, 0.1) is 24.7 Å². The highest BCUT2D eigenvalue weighted by Crippen LogP contribution is 2.26. The monoisotopic (exact) mass is 296 g/mol. The van der Waals surface area contributed by atoms with Crippen molar-refractivity contribution in [3.8, 4) is 11.5 Å². The van der Waals surface area contributed by atoms with Gasteiger partial charge in [-0.2, -0.15) is 0 Å². The number of ether oxygens (including phenoxy) is 2. The van der Waals surface area contributed by atoms with Gasteiger partial charge in [-0.15, -0.1) is 0 Å². The van der Waals surface area contributed by atoms with Crippen molar-refractivity contribution in [3.05, 3.63) is 54.4 Å². The number of nitrogens with zero attached hydrogens (tertiary/aromatic N) is 2. The fourth-order valence-electron chi connectivity index (χ4n) is 2.63. The van der Waals surface area contributed by atoms with E-state index in [1.54, 1.807) is 7.11 Å². The second-order valence-electron chi connectivity index (χ2n) is 5.02. The summed E-state index contributed by atoms with van der Waals surface area (Å²) in [5.74, 6) is 2.62. The molecular formula is C18H20N2O2. The molecule has 0 aliphatic rings. The lowest BCUT2D eigenvalue weighted by Gasteiger charge is -2.12. The molecule has 4 nitrogen and oxygen atoms in total. The van der Waals surface area contributed by atoms with Gasteiger partial charge in [0.2, 0.25) is 0 Å². The molecule has 0 fully saturated rings. The van der Waals surface area contributed by atoms with Crippen LogP contribution in [0.25, 0.3) is 11.0 Å². The molecule has 0 spiro atoms. The van der Waals surface area contributed by atoms with Crippen molar-refractivity contribution < 1.29 is 9.47 Å². The quantitative estimate of drug-likeness (QED) is 0.696. The van der Waals surface area contributed by atoms with Crippen LogP contribution in [0, 0.1) is 0 Å². The Morgan fingerprint density at radius 3 is 2.50 bits per heavy atom. The molecule has 0 atom stereocenters. The van der Waals surface area contributed by atoms with Gasteiger partial charge in [0, 0.05) is 6.42 Å². The Kier molecular flexibility index (Phi) is 4.28. The maximum absolute atomic E-state index is 5.88. The number of benzene rings is 2. The fraction of sp³-hybridized carbons (Fsp3) is 0.278. The Morgan fingerprint density at radius 1 is 1.00 bits per heavy atom. The summed E-state index contributed by atoms with van der Waals surface area (Å²) in [4.78, 5) is 4.67. The molecule has 0 amide bonds. The molecule has 3 aromatic rings.